The van der Waals surface area contributed by atoms with Gasteiger partial charge >= 0.3 is 0 Å². The zero-order valence-corrected chi connectivity index (χ0v) is 20.5. The topological polar surface area (TPSA) is 75.3 Å². The molecule has 0 aromatic heterocycles. The van der Waals surface area contributed by atoms with E-state index < -0.39 is 0 Å². The fraction of sp³-hybridized carbons (Fsp3) is 0.179. The zero-order valence-electron chi connectivity index (χ0n) is 20.5. The lowest BCUT2D eigenvalue weighted by Gasteiger charge is -2.14. The summed E-state index contributed by atoms with van der Waals surface area (Å²) in [4.78, 5) is 12.8. The van der Waals surface area contributed by atoms with Crippen LogP contribution in [0.3, 0.4) is 0 Å². The molecule has 7 nitrogen and oxygen atoms in total. The minimum atomic E-state index is -0.303. The van der Waals surface area contributed by atoms with Crippen LogP contribution in [0.5, 0.6) is 28.7 Å². The Kier molecular flexibility index (Phi) is 8.78. The summed E-state index contributed by atoms with van der Waals surface area (Å²) in [5.74, 6) is 2.53. The lowest BCUT2D eigenvalue weighted by Crippen LogP contribution is -2.10. The Balaban J connectivity index is 1.90. The molecule has 182 valence electrons. The first-order valence-electron chi connectivity index (χ1n) is 10.8. The fourth-order valence-electron chi connectivity index (χ4n) is 3.51. The van der Waals surface area contributed by atoms with Crippen LogP contribution in [-0.2, 0) is 4.79 Å². The normalized spacial score (nSPS) is 10.9. The summed E-state index contributed by atoms with van der Waals surface area (Å²) in [6, 6.07) is 16.7. The third-order valence-corrected chi connectivity index (χ3v) is 5.22. The molecule has 0 heterocycles. The highest BCUT2D eigenvalue weighted by atomic mass is 16.5. The summed E-state index contributed by atoms with van der Waals surface area (Å²) in [5, 5.41) is 2.93. The lowest BCUT2D eigenvalue weighted by molar-refractivity contribution is -0.111. The van der Waals surface area contributed by atoms with Crippen LogP contribution in [0.25, 0.3) is 18.2 Å². The predicted molar refractivity (Wildman–Crippen MR) is 139 cm³/mol. The monoisotopic (exact) mass is 475 g/mol. The van der Waals surface area contributed by atoms with Gasteiger partial charge < -0.3 is 29.0 Å². The quantitative estimate of drug-likeness (QED) is 0.306. The molecule has 7 heteroatoms. The van der Waals surface area contributed by atoms with Gasteiger partial charge in [0.05, 0.1) is 41.2 Å². The van der Waals surface area contributed by atoms with Crippen LogP contribution < -0.4 is 29.0 Å². The number of carbonyl (C=O) groups excluding carboxylic acids is 1. The molecule has 0 aliphatic heterocycles. The van der Waals surface area contributed by atoms with E-state index in [-0.39, 0.29) is 5.91 Å². The second-order valence-electron chi connectivity index (χ2n) is 7.28. The molecule has 3 rings (SSSR count). The highest BCUT2D eigenvalue weighted by molar-refractivity contribution is 6.04. The average molecular weight is 476 g/mol. The zero-order chi connectivity index (χ0) is 25.2. The van der Waals surface area contributed by atoms with E-state index in [2.05, 4.69) is 5.32 Å². The Labute approximate surface area is 205 Å². The first-order valence-corrected chi connectivity index (χ1v) is 10.8. The molecule has 0 saturated heterocycles. The van der Waals surface area contributed by atoms with Gasteiger partial charge in [-0.1, -0.05) is 42.5 Å². The summed E-state index contributed by atoms with van der Waals surface area (Å²) < 4.78 is 27.1. The van der Waals surface area contributed by atoms with Crippen LogP contribution in [0.4, 0.5) is 5.69 Å². The second kappa shape index (κ2) is 12.2. The number of rotatable bonds is 10. The van der Waals surface area contributed by atoms with Crippen molar-refractivity contribution in [3.8, 4) is 28.7 Å². The molecule has 0 fully saturated rings. The third-order valence-electron chi connectivity index (χ3n) is 5.22. The number of para-hydroxylation sites is 2. The van der Waals surface area contributed by atoms with E-state index in [1.54, 1.807) is 47.7 Å². The smallest absolute Gasteiger partial charge is 0.248 e. The number of nitrogens with one attached hydrogen (secondary N) is 1. The summed E-state index contributed by atoms with van der Waals surface area (Å²) in [7, 11) is 7.85. The molecule has 1 amide bonds. The number of methoxy groups -OCH3 is 5. The maximum Gasteiger partial charge on any atom is 0.248 e. The van der Waals surface area contributed by atoms with Gasteiger partial charge in [0.2, 0.25) is 11.7 Å². The van der Waals surface area contributed by atoms with Crippen LogP contribution in [0.1, 0.15) is 16.7 Å². The largest absolute Gasteiger partial charge is 0.496 e. The Morgan fingerprint density at radius 1 is 0.657 bits per heavy atom. The van der Waals surface area contributed by atoms with Gasteiger partial charge in [0, 0.05) is 17.2 Å². The van der Waals surface area contributed by atoms with Crippen molar-refractivity contribution in [2.24, 2.45) is 0 Å². The number of anilines is 1. The minimum absolute atomic E-state index is 0.303. The molecule has 0 bridgehead atoms. The molecule has 35 heavy (non-hydrogen) atoms. The molecule has 0 unspecified atom stereocenters. The molecule has 0 radical (unpaired) electrons. The first-order chi connectivity index (χ1) is 17.0. The highest BCUT2D eigenvalue weighted by Crippen LogP contribution is 2.39. The SMILES string of the molecule is COc1ccccc1/C=C/C(=O)Nc1c(C=Cc2cc(OC)c(OC)c(OC)c2)cccc1OC. The second-order valence-corrected chi connectivity index (χ2v) is 7.28. The Hall–Kier alpha value is -4.39. The van der Waals surface area contributed by atoms with Crippen molar-refractivity contribution in [2.75, 3.05) is 40.9 Å². The van der Waals surface area contributed by atoms with Gasteiger partial charge in [0.15, 0.2) is 11.5 Å². The molecule has 0 spiro atoms. The van der Waals surface area contributed by atoms with Crippen molar-refractivity contribution in [1.82, 2.24) is 0 Å². The average Bonchev–Trinajstić information content (AvgIpc) is 2.90. The van der Waals surface area contributed by atoms with Crippen molar-refractivity contribution >= 4 is 29.8 Å². The number of benzene rings is 3. The third kappa shape index (κ3) is 6.14. The van der Waals surface area contributed by atoms with Crippen LogP contribution in [0.15, 0.2) is 60.7 Å². The summed E-state index contributed by atoms with van der Waals surface area (Å²) in [5.41, 5.74) is 2.94. The Morgan fingerprint density at radius 2 is 1.26 bits per heavy atom. The number of ether oxygens (including phenoxy) is 5. The maximum atomic E-state index is 12.8. The number of hydrogen-bond donors (Lipinski definition) is 1. The van der Waals surface area contributed by atoms with Crippen molar-refractivity contribution in [1.29, 1.82) is 0 Å². The van der Waals surface area contributed by atoms with Crippen LogP contribution in [0.2, 0.25) is 0 Å². The number of hydrogen-bond acceptors (Lipinski definition) is 6. The number of amides is 1. The molecule has 0 saturated carbocycles. The van der Waals surface area contributed by atoms with Gasteiger partial charge in [0.25, 0.3) is 0 Å². The van der Waals surface area contributed by atoms with Gasteiger partial charge in [-0.05, 0) is 35.9 Å². The van der Waals surface area contributed by atoms with Crippen LogP contribution in [0, 0.1) is 0 Å². The van der Waals surface area contributed by atoms with E-state index >= 15 is 0 Å². The van der Waals surface area contributed by atoms with E-state index in [0.717, 1.165) is 16.7 Å². The summed E-state index contributed by atoms with van der Waals surface area (Å²) in [6.07, 6.45) is 6.92. The van der Waals surface area contributed by atoms with E-state index in [9.17, 15) is 4.79 Å². The van der Waals surface area contributed by atoms with Gasteiger partial charge in [-0.3, -0.25) is 4.79 Å². The molecule has 1 N–H and O–H groups in total. The molecule has 0 atom stereocenters. The van der Waals surface area contributed by atoms with E-state index in [1.807, 2.05) is 60.7 Å². The molecule has 3 aromatic carbocycles. The van der Waals surface area contributed by atoms with Gasteiger partial charge in [0.1, 0.15) is 11.5 Å². The lowest BCUT2D eigenvalue weighted by atomic mass is 10.1. The van der Waals surface area contributed by atoms with E-state index in [1.165, 1.54) is 6.08 Å². The molecule has 0 aliphatic rings. The predicted octanol–water partition coefficient (Wildman–Crippen LogP) is 5.55. The standard InChI is InChI=1S/C28H29NO6/c1-31-22-11-7-6-9-20(22)15-16-26(30)29-27-21(10-8-12-23(27)32-2)14-13-19-17-24(33-3)28(35-5)25(18-19)34-4/h6-18H,1-5H3,(H,29,30)/b14-13?,16-15+. The van der Waals surface area contributed by atoms with E-state index in [4.69, 9.17) is 23.7 Å². The van der Waals surface area contributed by atoms with Gasteiger partial charge in [-0.15, -0.1) is 0 Å². The molecular weight excluding hydrogens is 446 g/mol. The highest BCUT2D eigenvalue weighted by Gasteiger charge is 2.13. The van der Waals surface area contributed by atoms with Crippen LogP contribution >= 0.6 is 0 Å². The van der Waals surface area contributed by atoms with Crippen molar-refractivity contribution < 1.29 is 28.5 Å². The van der Waals surface area contributed by atoms with E-state index in [0.29, 0.717) is 34.4 Å². The Morgan fingerprint density at radius 3 is 1.89 bits per heavy atom. The van der Waals surface area contributed by atoms with Crippen molar-refractivity contribution in [3.05, 3.63) is 77.4 Å². The van der Waals surface area contributed by atoms with Gasteiger partial charge in [-0.25, -0.2) is 0 Å². The van der Waals surface area contributed by atoms with Gasteiger partial charge in [-0.2, -0.15) is 0 Å². The molecular formula is C28H29NO6. The molecule has 3 aromatic rings. The van der Waals surface area contributed by atoms with Crippen LogP contribution in [-0.4, -0.2) is 41.5 Å². The molecule has 0 aliphatic carbocycles. The Bertz CT molecular complexity index is 1210. The van der Waals surface area contributed by atoms with Crippen molar-refractivity contribution in [3.63, 3.8) is 0 Å². The summed E-state index contributed by atoms with van der Waals surface area (Å²) in [6.45, 7) is 0. The first kappa shape index (κ1) is 25.2. The van der Waals surface area contributed by atoms with Crippen molar-refractivity contribution in [2.45, 2.75) is 0 Å². The fourth-order valence-corrected chi connectivity index (χ4v) is 3.51. The summed E-state index contributed by atoms with van der Waals surface area (Å²) >= 11 is 0. The minimum Gasteiger partial charge on any atom is -0.496 e. The maximum absolute atomic E-state index is 12.8. The number of carbonyl (C=O) groups is 1.